The Bertz CT molecular complexity index is 689. The lowest BCUT2D eigenvalue weighted by Crippen LogP contribution is -2.07. The Hall–Kier alpha value is -1.93. The first-order valence-corrected chi connectivity index (χ1v) is 7.14. The molecule has 0 amide bonds. The molecule has 0 atom stereocenters. The summed E-state index contributed by atoms with van der Waals surface area (Å²) in [6.45, 7) is 2.30. The summed E-state index contributed by atoms with van der Waals surface area (Å²) in [6, 6.07) is 0. The van der Waals surface area contributed by atoms with Crippen LogP contribution in [0.15, 0.2) is 6.33 Å². The van der Waals surface area contributed by atoms with Crippen LogP contribution in [0.5, 0.6) is 0 Å². The predicted octanol–water partition coefficient (Wildman–Crippen LogP) is 2.48. The summed E-state index contributed by atoms with van der Waals surface area (Å²) in [4.78, 5) is 31.7. The van der Waals surface area contributed by atoms with E-state index in [-0.39, 0.29) is 18.8 Å². The molecular weight excluding hydrogens is 330 g/mol. The van der Waals surface area contributed by atoms with Crippen molar-refractivity contribution >= 4 is 51.7 Å². The van der Waals surface area contributed by atoms with E-state index in [9.17, 15) is 9.59 Å². The SMILES string of the molecule is COC(=O)c1sc2ncnc(NCCCC(=O)O)c2c1C.Cl. The lowest BCUT2D eigenvalue weighted by atomic mass is 10.2. The minimum Gasteiger partial charge on any atom is -0.481 e. The van der Waals surface area contributed by atoms with Crippen LogP contribution in [0.4, 0.5) is 5.82 Å². The second-order valence-electron chi connectivity index (χ2n) is 4.37. The van der Waals surface area contributed by atoms with Gasteiger partial charge in [-0.2, -0.15) is 0 Å². The molecule has 0 radical (unpaired) electrons. The van der Waals surface area contributed by atoms with Gasteiger partial charge in [-0.1, -0.05) is 0 Å². The third-order valence-electron chi connectivity index (χ3n) is 2.96. The number of rotatable bonds is 6. The third-order valence-corrected chi connectivity index (χ3v) is 4.14. The molecule has 0 spiro atoms. The molecular formula is C13H16ClN3O4S. The summed E-state index contributed by atoms with van der Waals surface area (Å²) >= 11 is 1.26. The number of thiophene rings is 1. The van der Waals surface area contributed by atoms with Gasteiger partial charge in [0.05, 0.1) is 12.5 Å². The van der Waals surface area contributed by atoms with Gasteiger partial charge in [0.1, 0.15) is 21.9 Å². The van der Waals surface area contributed by atoms with Gasteiger partial charge < -0.3 is 15.2 Å². The van der Waals surface area contributed by atoms with Gasteiger partial charge in [-0.25, -0.2) is 14.8 Å². The minimum atomic E-state index is -0.829. The Labute approximate surface area is 137 Å². The number of aryl methyl sites for hydroxylation is 1. The molecule has 22 heavy (non-hydrogen) atoms. The quantitative estimate of drug-likeness (QED) is 0.612. The molecule has 0 saturated heterocycles. The van der Waals surface area contributed by atoms with Crippen molar-refractivity contribution in [2.75, 3.05) is 19.0 Å². The average molecular weight is 346 g/mol. The first kappa shape index (κ1) is 18.1. The van der Waals surface area contributed by atoms with E-state index in [1.54, 1.807) is 0 Å². The Morgan fingerprint density at radius 1 is 1.41 bits per heavy atom. The fourth-order valence-electron chi connectivity index (χ4n) is 1.94. The molecule has 0 unspecified atom stereocenters. The van der Waals surface area contributed by atoms with Crippen molar-refractivity contribution < 1.29 is 19.4 Å². The molecule has 0 aliphatic heterocycles. The first-order chi connectivity index (χ1) is 10.0. The van der Waals surface area contributed by atoms with Crippen molar-refractivity contribution in [3.05, 3.63) is 16.8 Å². The van der Waals surface area contributed by atoms with E-state index in [0.717, 1.165) is 10.9 Å². The highest BCUT2D eigenvalue weighted by molar-refractivity contribution is 7.20. The molecule has 2 aromatic rings. The monoisotopic (exact) mass is 345 g/mol. The van der Waals surface area contributed by atoms with E-state index in [1.165, 1.54) is 24.8 Å². The van der Waals surface area contributed by atoms with Gasteiger partial charge >= 0.3 is 11.9 Å². The maximum Gasteiger partial charge on any atom is 0.348 e. The van der Waals surface area contributed by atoms with Gasteiger partial charge in [0.2, 0.25) is 0 Å². The fraction of sp³-hybridized carbons (Fsp3) is 0.385. The largest absolute Gasteiger partial charge is 0.481 e. The maximum atomic E-state index is 11.7. The molecule has 0 aromatic carbocycles. The van der Waals surface area contributed by atoms with Crippen molar-refractivity contribution in [2.24, 2.45) is 0 Å². The number of carboxylic acid groups (broad SMARTS) is 1. The lowest BCUT2D eigenvalue weighted by Gasteiger charge is -2.06. The molecule has 0 aliphatic rings. The van der Waals surface area contributed by atoms with E-state index < -0.39 is 11.9 Å². The topological polar surface area (TPSA) is 101 Å². The van der Waals surface area contributed by atoms with Crippen LogP contribution in [0, 0.1) is 6.92 Å². The number of hydrogen-bond acceptors (Lipinski definition) is 7. The second-order valence-corrected chi connectivity index (χ2v) is 5.37. The van der Waals surface area contributed by atoms with E-state index in [1.807, 2.05) is 6.92 Å². The summed E-state index contributed by atoms with van der Waals surface area (Å²) in [5.74, 6) is -0.619. The number of ether oxygens (including phenoxy) is 1. The number of carbonyl (C=O) groups is 2. The second kappa shape index (κ2) is 7.90. The van der Waals surface area contributed by atoms with Crippen LogP contribution in [-0.4, -0.2) is 40.7 Å². The van der Waals surface area contributed by atoms with Crippen molar-refractivity contribution in [1.29, 1.82) is 0 Å². The highest BCUT2D eigenvalue weighted by atomic mass is 35.5. The number of carboxylic acids is 1. The smallest absolute Gasteiger partial charge is 0.348 e. The van der Waals surface area contributed by atoms with Crippen molar-refractivity contribution in [2.45, 2.75) is 19.8 Å². The molecule has 0 saturated carbocycles. The van der Waals surface area contributed by atoms with Gasteiger partial charge in [0.15, 0.2) is 0 Å². The highest BCUT2D eigenvalue weighted by Gasteiger charge is 2.19. The van der Waals surface area contributed by atoms with Gasteiger partial charge in [0, 0.05) is 13.0 Å². The zero-order chi connectivity index (χ0) is 15.4. The number of esters is 1. The average Bonchev–Trinajstić information content (AvgIpc) is 2.80. The van der Waals surface area contributed by atoms with Crippen molar-refractivity contribution in [3.8, 4) is 0 Å². The molecule has 9 heteroatoms. The molecule has 0 bridgehead atoms. The van der Waals surface area contributed by atoms with Gasteiger partial charge in [-0.15, -0.1) is 23.7 Å². The van der Waals surface area contributed by atoms with Gasteiger partial charge in [0.25, 0.3) is 0 Å². The summed E-state index contributed by atoms with van der Waals surface area (Å²) in [7, 11) is 1.34. The van der Waals surface area contributed by atoms with Crippen LogP contribution in [-0.2, 0) is 9.53 Å². The molecule has 120 valence electrons. The van der Waals surface area contributed by atoms with E-state index in [2.05, 4.69) is 15.3 Å². The molecule has 2 heterocycles. The van der Waals surface area contributed by atoms with Crippen LogP contribution in [0.2, 0.25) is 0 Å². The summed E-state index contributed by atoms with van der Waals surface area (Å²) in [5, 5.41) is 12.5. The Morgan fingerprint density at radius 3 is 2.77 bits per heavy atom. The van der Waals surface area contributed by atoms with E-state index >= 15 is 0 Å². The van der Waals surface area contributed by atoms with Crippen molar-refractivity contribution in [3.63, 3.8) is 0 Å². The van der Waals surface area contributed by atoms with Crippen LogP contribution >= 0.6 is 23.7 Å². The first-order valence-electron chi connectivity index (χ1n) is 6.32. The zero-order valence-corrected chi connectivity index (χ0v) is 13.7. The van der Waals surface area contributed by atoms with Crippen LogP contribution in [0.3, 0.4) is 0 Å². The number of hydrogen-bond donors (Lipinski definition) is 2. The standard InChI is InChI=1S/C13H15N3O4S.ClH/c1-7-9-11(14-5-3-4-8(17)18)15-6-16-12(9)21-10(7)13(19)20-2;/h6H,3-5H2,1-2H3,(H,17,18)(H,14,15,16);1H. The summed E-state index contributed by atoms with van der Waals surface area (Å²) in [6.07, 6.45) is 2.00. The number of aromatic nitrogens is 2. The number of aliphatic carboxylic acids is 1. The van der Waals surface area contributed by atoms with Gasteiger partial charge in [-0.05, 0) is 18.9 Å². The molecule has 2 aromatic heterocycles. The predicted molar refractivity (Wildman–Crippen MR) is 86.1 cm³/mol. The maximum absolute atomic E-state index is 11.7. The van der Waals surface area contributed by atoms with Gasteiger partial charge in [-0.3, -0.25) is 4.79 Å². The minimum absolute atomic E-state index is 0. The van der Waals surface area contributed by atoms with Crippen LogP contribution in [0.1, 0.15) is 28.1 Å². The molecule has 2 rings (SSSR count). The zero-order valence-electron chi connectivity index (χ0n) is 12.1. The summed E-state index contributed by atoms with van der Waals surface area (Å²) in [5.41, 5.74) is 0.767. The number of fused-ring (bicyclic) bond motifs is 1. The fourth-order valence-corrected chi connectivity index (χ4v) is 3.01. The van der Waals surface area contributed by atoms with Crippen LogP contribution < -0.4 is 5.32 Å². The molecule has 2 N–H and O–H groups in total. The number of carbonyl (C=O) groups excluding carboxylic acids is 1. The third kappa shape index (κ3) is 3.83. The highest BCUT2D eigenvalue weighted by Crippen LogP contribution is 2.33. The molecule has 0 fully saturated rings. The lowest BCUT2D eigenvalue weighted by molar-refractivity contribution is -0.137. The number of methoxy groups -OCH3 is 1. The van der Waals surface area contributed by atoms with Crippen molar-refractivity contribution in [1.82, 2.24) is 9.97 Å². The van der Waals surface area contributed by atoms with E-state index in [0.29, 0.717) is 28.5 Å². The van der Waals surface area contributed by atoms with E-state index in [4.69, 9.17) is 9.84 Å². The number of nitrogens with zero attached hydrogens (tertiary/aromatic N) is 2. The number of nitrogens with one attached hydrogen (secondary N) is 1. The Morgan fingerprint density at radius 2 is 2.14 bits per heavy atom. The Balaban J connectivity index is 0.00000242. The molecule has 0 aliphatic carbocycles. The summed E-state index contributed by atoms with van der Waals surface area (Å²) < 4.78 is 4.75. The van der Waals surface area contributed by atoms with Crippen LogP contribution in [0.25, 0.3) is 10.2 Å². The number of halogens is 1. The normalized spacial score (nSPS) is 10.1. The number of anilines is 1. The Kier molecular flexibility index (Phi) is 6.51. The molecule has 7 nitrogen and oxygen atoms in total.